The first-order chi connectivity index (χ1) is 7.83. The van der Waals surface area contributed by atoms with Gasteiger partial charge in [0.25, 0.3) is 0 Å². The van der Waals surface area contributed by atoms with E-state index in [1.54, 1.807) is 12.2 Å². The van der Waals surface area contributed by atoms with Crippen molar-refractivity contribution in [3.63, 3.8) is 0 Å². The number of carboxylic acid groups (broad SMARTS) is 1. The molecule has 0 aromatic heterocycles. The van der Waals surface area contributed by atoms with Crippen LogP contribution < -0.4 is 0 Å². The van der Waals surface area contributed by atoms with Gasteiger partial charge in [-0.15, -0.1) is 0 Å². The van der Waals surface area contributed by atoms with Gasteiger partial charge in [0.15, 0.2) is 0 Å². The van der Waals surface area contributed by atoms with Crippen molar-refractivity contribution in [2.75, 3.05) is 13.2 Å². The topological polar surface area (TPSA) is 121 Å². The molecular formula is C9H14BrNO6. The molecular weight excluding hydrogens is 298 g/mol. The van der Waals surface area contributed by atoms with Crippen molar-refractivity contribution >= 4 is 21.9 Å². The molecule has 0 radical (unpaired) electrons. The van der Waals surface area contributed by atoms with Gasteiger partial charge >= 0.3 is 10.4 Å². The summed E-state index contributed by atoms with van der Waals surface area (Å²) in [6.07, 6.45) is 5.98. The third-order valence-corrected chi connectivity index (χ3v) is 2.15. The monoisotopic (exact) mass is 311 g/mol. The Morgan fingerprint density at radius 3 is 2.06 bits per heavy atom. The predicted octanol–water partition coefficient (Wildman–Crippen LogP) is 0.542. The van der Waals surface area contributed by atoms with Crippen molar-refractivity contribution in [1.29, 1.82) is 0 Å². The van der Waals surface area contributed by atoms with Gasteiger partial charge in [-0.2, -0.15) is 0 Å². The largest absolute Gasteiger partial charge is 0.478 e. The first kappa shape index (κ1) is 18.1. The lowest BCUT2D eigenvalue weighted by Crippen LogP contribution is -2.39. The molecule has 0 aliphatic rings. The molecule has 0 fully saturated rings. The minimum atomic E-state index is -1.77. The van der Waals surface area contributed by atoms with Crippen LogP contribution in [0.4, 0.5) is 0 Å². The summed E-state index contributed by atoms with van der Waals surface area (Å²) in [7, 11) is 0. The first-order valence-corrected chi connectivity index (χ1v) is 5.20. The average Bonchev–Trinajstić information content (AvgIpc) is 2.28. The molecule has 0 bridgehead atoms. The van der Waals surface area contributed by atoms with Gasteiger partial charge in [-0.25, -0.2) is 4.79 Å². The molecule has 0 aromatic carbocycles. The van der Waals surface area contributed by atoms with E-state index in [0.717, 1.165) is 6.08 Å². The van der Waals surface area contributed by atoms with Crippen LogP contribution in [-0.4, -0.2) is 43.9 Å². The number of aliphatic hydroxyl groups is 2. The number of rotatable bonds is 5. The number of carboxylic acids is 1. The Morgan fingerprint density at radius 1 is 1.41 bits per heavy atom. The Morgan fingerprint density at radius 2 is 1.88 bits per heavy atom. The van der Waals surface area contributed by atoms with Crippen LogP contribution in [0.5, 0.6) is 0 Å². The predicted molar refractivity (Wildman–Crippen MR) is 64.4 cm³/mol. The van der Waals surface area contributed by atoms with Crippen molar-refractivity contribution in [1.82, 2.24) is 0 Å². The zero-order valence-electron chi connectivity index (χ0n) is 9.12. The Kier molecular flexibility index (Phi) is 10.6. The third-order valence-electron chi connectivity index (χ3n) is 1.35. The molecule has 7 nitrogen and oxygen atoms in total. The number of aliphatic hydroxyl groups excluding tert-OH is 2. The zero-order valence-corrected chi connectivity index (χ0v) is 10.7. The van der Waals surface area contributed by atoms with E-state index in [1.807, 2.05) is 6.92 Å². The van der Waals surface area contributed by atoms with Crippen LogP contribution >= 0.6 is 15.9 Å². The van der Waals surface area contributed by atoms with Gasteiger partial charge in [0.2, 0.25) is 0 Å². The Balaban J connectivity index is 0. The van der Waals surface area contributed by atoms with Gasteiger partial charge in [-0.05, 0) is 6.92 Å². The minimum Gasteiger partial charge on any atom is -0.478 e. The van der Waals surface area contributed by atoms with Crippen LogP contribution in [0.2, 0.25) is 0 Å². The standard InChI is InChI=1S/C6H8O2.C3H6BrNO4/c1-2-3-4-5-6(7)8;4-3(1-6,2-7)5(8)9/h2-5H,1H3,(H,7,8);6-7H,1-2H2/b3-2+,5-4+;. The van der Waals surface area contributed by atoms with Gasteiger partial charge in [0.05, 0.1) is 0 Å². The number of hydrogen-bond acceptors (Lipinski definition) is 5. The summed E-state index contributed by atoms with van der Waals surface area (Å²) >= 11 is 2.55. The van der Waals surface area contributed by atoms with E-state index in [-0.39, 0.29) is 0 Å². The van der Waals surface area contributed by atoms with Gasteiger partial charge < -0.3 is 15.3 Å². The van der Waals surface area contributed by atoms with E-state index >= 15 is 0 Å². The third kappa shape index (κ3) is 9.67. The number of halogens is 1. The van der Waals surface area contributed by atoms with Crippen LogP contribution in [0.1, 0.15) is 6.92 Å². The minimum absolute atomic E-state index is 0.726. The summed E-state index contributed by atoms with van der Waals surface area (Å²) in [5, 5.41) is 34.6. The lowest BCUT2D eigenvalue weighted by atomic mass is 10.4. The van der Waals surface area contributed by atoms with E-state index in [0.29, 0.717) is 0 Å². The zero-order chi connectivity index (χ0) is 13.9. The lowest BCUT2D eigenvalue weighted by molar-refractivity contribution is -0.542. The summed E-state index contributed by atoms with van der Waals surface area (Å²) in [5.41, 5.74) is 0. The molecule has 0 amide bonds. The summed E-state index contributed by atoms with van der Waals surface area (Å²) in [5.74, 6) is -0.914. The molecule has 0 aliphatic carbocycles. The van der Waals surface area contributed by atoms with Crippen LogP contribution in [0, 0.1) is 10.1 Å². The maximum absolute atomic E-state index is 9.92. The second-order valence-electron chi connectivity index (χ2n) is 2.71. The second-order valence-corrected chi connectivity index (χ2v) is 4.19. The lowest BCUT2D eigenvalue weighted by Gasteiger charge is -2.11. The van der Waals surface area contributed by atoms with Gasteiger partial charge in [0, 0.05) is 26.9 Å². The molecule has 0 unspecified atom stereocenters. The highest BCUT2D eigenvalue weighted by Crippen LogP contribution is 2.15. The van der Waals surface area contributed by atoms with Crippen LogP contribution in [0.3, 0.4) is 0 Å². The van der Waals surface area contributed by atoms with E-state index in [9.17, 15) is 14.9 Å². The molecule has 0 saturated heterocycles. The first-order valence-electron chi connectivity index (χ1n) is 4.41. The maximum atomic E-state index is 9.92. The molecule has 0 heterocycles. The second kappa shape index (κ2) is 9.94. The molecule has 98 valence electrons. The number of alkyl halides is 1. The summed E-state index contributed by atoms with van der Waals surface area (Å²) in [6, 6.07) is 0. The van der Waals surface area contributed by atoms with E-state index in [2.05, 4.69) is 15.9 Å². The summed E-state index contributed by atoms with van der Waals surface area (Å²) in [4.78, 5) is 18.9. The highest BCUT2D eigenvalue weighted by atomic mass is 79.9. The Labute approximate surface area is 106 Å². The normalized spacial score (nSPS) is 11.3. The fourth-order valence-corrected chi connectivity index (χ4v) is 0.414. The Hall–Kier alpha value is -1.25. The average molecular weight is 312 g/mol. The molecule has 0 atom stereocenters. The highest BCUT2D eigenvalue weighted by Gasteiger charge is 2.38. The molecule has 8 heteroatoms. The van der Waals surface area contributed by atoms with Crippen molar-refractivity contribution in [2.24, 2.45) is 0 Å². The molecule has 0 aliphatic heterocycles. The number of nitro groups is 1. The van der Waals surface area contributed by atoms with Gasteiger partial charge in [-0.1, -0.05) is 18.2 Å². The summed E-state index contributed by atoms with van der Waals surface area (Å²) in [6.45, 7) is 0.374. The van der Waals surface area contributed by atoms with Gasteiger partial charge in [0.1, 0.15) is 13.2 Å². The molecule has 0 saturated carbocycles. The van der Waals surface area contributed by atoms with E-state index in [1.165, 1.54) is 6.08 Å². The van der Waals surface area contributed by atoms with Crippen LogP contribution in [-0.2, 0) is 4.79 Å². The molecule has 0 rings (SSSR count). The van der Waals surface area contributed by atoms with Crippen LogP contribution in [0.25, 0.3) is 0 Å². The molecule has 0 spiro atoms. The number of carbonyl (C=O) groups is 1. The van der Waals surface area contributed by atoms with Crippen molar-refractivity contribution < 1.29 is 25.0 Å². The number of allylic oxidation sites excluding steroid dienone is 3. The van der Waals surface area contributed by atoms with Crippen molar-refractivity contribution in [3.8, 4) is 0 Å². The van der Waals surface area contributed by atoms with E-state index < -0.39 is 28.6 Å². The smallest absolute Gasteiger partial charge is 0.328 e. The molecule has 17 heavy (non-hydrogen) atoms. The van der Waals surface area contributed by atoms with Crippen LogP contribution in [0.15, 0.2) is 24.3 Å². The maximum Gasteiger partial charge on any atom is 0.328 e. The highest BCUT2D eigenvalue weighted by molar-refractivity contribution is 9.10. The van der Waals surface area contributed by atoms with Gasteiger partial charge in [-0.3, -0.25) is 10.1 Å². The van der Waals surface area contributed by atoms with E-state index in [4.69, 9.17) is 15.3 Å². The fraction of sp³-hybridized carbons (Fsp3) is 0.444. The Bertz CT molecular complexity index is 298. The van der Waals surface area contributed by atoms with Crippen molar-refractivity contribution in [2.45, 2.75) is 11.4 Å². The quantitative estimate of drug-likeness (QED) is 0.170. The number of hydrogen-bond donors (Lipinski definition) is 3. The molecule has 3 N–H and O–H groups in total. The number of aliphatic carboxylic acids is 1. The molecule has 0 aromatic rings. The fourth-order valence-electron chi connectivity index (χ4n) is 0.414. The van der Waals surface area contributed by atoms with Crippen molar-refractivity contribution in [3.05, 3.63) is 34.4 Å². The SMILES string of the molecule is C/C=C/C=C/C(=O)O.O=[N+]([O-])C(Br)(CO)CO. The number of nitrogens with zero attached hydrogens (tertiary/aromatic N) is 1. The summed E-state index contributed by atoms with van der Waals surface area (Å²) < 4.78 is -1.77.